The van der Waals surface area contributed by atoms with Crippen molar-refractivity contribution in [3.05, 3.63) is 72.3 Å². The summed E-state index contributed by atoms with van der Waals surface area (Å²) in [5.74, 6) is 1.41. The van der Waals surface area contributed by atoms with Gasteiger partial charge in [-0.05, 0) is 29.8 Å². The van der Waals surface area contributed by atoms with Gasteiger partial charge in [-0.25, -0.2) is 5.43 Å². The molecule has 1 aliphatic rings. The predicted molar refractivity (Wildman–Crippen MR) is 124 cm³/mol. The van der Waals surface area contributed by atoms with Crippen molar-refractivity contribution in [2.24, 2.45) is 10.2 Å². The molecule has 0 bridgehead atoms. The van der Waals surface area contributed by atoms with Gasteiger partial charge in [0.15, 0.2) is 5.71 Å². The fourth-order valence-electron chi connectivity index (χ4n) is 3.34. The van der Waals surface area contributed by atoms with Gasteiger partial charge in [0, 0.05) is 23.3 Å². The normalized spacial score (nSPS) is 14.0. The van der Waals surface area contributed by atoms with E-state index in [0.717, 1.165) is 11.1 Å². The van der Waals surface area contributed by atoms with Crippen LogP contribution in [0, 0.1) is 0 Å². The Morgan fingerprint density at radius 1 is 0.844 bits per heavy atom. The average molecular weight is 430 g/mol. The topological polar surface area (TPSA) is 93.5 Å². The van der Waals surface area contributed by atoms with Crippen LogP contribution in [0.25, 0.3) is 11.1 Å². The Bertz CT molecular complexity index is 1210. The van der Waals surface area contributed by atoms with Crippen molar-refractivity contribution in [2.45, 2.75) is 0 Å². The summed E-state index contributed by atoms with van der Waals surface area (Å²) in [6.45, 7) is 0. The lowest BCUT2D eigenvalue weighted by Gasteiger charge is -2.12. The van der Waals surface area contributed by atoms with Crippen molar-refractivity contribution >= 4 is 23.0 Å². The van der Waals surface area contributed by atoms with Crippen molar-refractivity contribution < 1.29 is 19.0 Å². The number of nitrogens with one attached hydrogen (secondary N) is 2. The first kappa shape index (κ1) is 20.9. The third-order valence-electron chi connectivity index (χ3n) is 4.96. The van der Waals surface area contributed by atoms with Crippen LogP contribution in [-0.2, 0) is 4.79 Å². The third-order valence-corrected chi connectivity index (χ3v) is 4.96. The Kier molecular flexibility index (Phi) is 6.03. The van der Waals surface area contributed by atoms with Crippen LogP contribution in [-0.4, -0.2) is 38.7 Å². The number of methoxy groups -OCH3 is 3. The lowest BCUT2D eigenvalue weighted by atomic mass is 10.0. The molecule has 8 nitrogen and oxygen atoms in total. The molecule has 1 aliphatic heterocycles. The van der Waals surface area contributed by atoms with Crippen molar-refractivity contribution in [3.8, 4) is 28.4 Å². The summed E-state index contributed by atoms with van der Waals surface area (Å²) in [5.41, 5.74) is 9.16. The van der Waals surface area contributed by atoms with Gasteiger partial charge in [0.25, 0.3) is 5.91 Å². The number of benzene rings is 3. The fraction of sp³-hybridized carbons (Fsp3) is 0.125. The number of amides is 1. The second-order valence-electron chi connectivity index (χ2n) is 6.82. The first-order valence-corrected chi connectivity index (χ1v) is 9.82. The van der Waals surface area contributed by atoms with Crippen LogP contribution < -0.4 is 25.1 Å². The smallest absolute Gasteiger partial charge is 0.294 e. The zero-order valence-electron chi connectivity index (χ0n) is 17.9. The molecule has 1 heterocycles. The third kappa shape index (κ3) is 4.11. The first-order valence-electron chi connectivity index (χ1n) is 9.82. The molecular weight excluding hydrogens is 408 g/mol. The van der Waals surface area contributed by atoms with E-state index in [1.807, 2.05) is 48.5 Å². The lowest BCUT2D eigenvalue weighted by Crippen LogP contribution is -2.25. The Morgan fingerprint density at radius 3 is 2.28 bits per heavy atom. The summed E-state index contributed by atoms with van der Waals surface area (Å²) in [5, 5.41) is 8.44. The number of rotatable bonds is 7. The number of anilines is 1. The largest absolute Gasteiger partial charge is 0.497 e. The zero-order chi connectivity index (χ0) is 22.5. The van der Waals surface area contributed by atoms with Crippen molar-refractivity contribution in [3.63, 3.8) is 0 Å². The number of carbonyl (C=O) groups excluding carboxylic acids is 1. The van der Waals surface area contributed by atoms with Crippen molar-refractivity contribution in [2.75, 3.05) is 26.8 Å². The summed E-state index contributed by atoms with van der Waals surface area (Å²) in [6.07, 6.45) is 0. The molecule has 3 aromatic rings. The number of carbonyl (C=O) groups is 1. The Morgan fingerprint density at radius 2 is 1.56 bits per heavy atom. The number of hydrogen-bond donors (Lipinski definition) is 2. The molecule has 32 heavy (non-hydrogen) atoms. The van der Waals surface area contributed by atoms with E-state index in [1.165, 1.54) is 0 Å². The Balaban J connectivity index is 1.62. The summed E-state index contributed by atoms with van der Waals surface area (Å²) in [6, 6.07) is 20.8. The van der Waals surface area contributed by atoms with E-state index in [2.05, 4.69) is 21.1 Å². The minimum absolute atomic E-state index is 0.138. The highest BCUT2D eigenvalue weighted by Gasteiger charge is 2.28. The van der Waals surface area contributed by atoms with Gasteiger partial charge in [0.1, 0.15) is 23.0 Å². The Hall–Kier alpha value is -4.33. The van der Waals surface area contributed by atoms with E-state index >= 15 is 0 Å². The maximum absolute atomic E-state index is 12.4. The standard InChI is InChI=1S/C24H22N4O4/c1-30-17-10-12-19(21(14-17)32-3)22-23(24(29)28-26-22)27-25-16-9-11-18(20(13-16)31-2)15-7-5-4-6-8-15/h4-14,25H,1-3H3,(H,27,28,29). The van der Waals surface area contributed by atoms with E-state index < -0.39 is 5.91 Å². The minimum Gasteiger partial charge on any atom is -0.497 e. The van der Waals surface area contributed by atoms with Gasteiger partial charge in [-0.2, -0.15) is 10.2 Å². The van der Waals surface area contributed by atoms with Gasteiger partial charge in [-0.1, -0.05) is 30.3 Å². The molecule has 8 heteroatoms. The predicted octanol–water partition coefficient (Wildman–Crippen LogP) is 3.68. The van der Waals surface area contributed by atoms with Gasteiger partial charge < -0.3 is 14.2 Å². The van der Waals surface area contributed by atoms with Gasteiger partial charge in [-0.15, -0.1) is 0 Å². The van der Waals surface area contributed by atoms with Crippen molar-refractivity contribution in [1.29, 1.82) is 0 Å². The van der Waals surface area contributed by atoms with E-state index in [9.17, 15) is 4.79 Å². The fourth-order valence-corrected chi connectivity index (χ4v) is 3.34. The molecular formula is C24H22N4O4. The van der Waals surface area contributed by atoms with Crippen LogP contribution in [0.2, 0.25) is 0 Å². The molecule has 4 rings (SSSR count). The highest BCUT2D eigenvalue weighted by atomic mass is 16.5. The highest BCUT2D eigenvalue weighted by molar-refractivity contribution is 6.72. The highest BCUT2D eigenvalue weighted by Crippen LogP contribution is 2.32. The monoisotopic (exact) mass is 430 g/mol. The zero-order valence-corrected chi connectivity index (χ0v) is 17.9. The second-order valence-corrected chi connectivity index (χ2v) is 6.82. The molecule has 0 unspecified atom stereocenters. The molecule has 2 N–H and O–H groups in total. The van der Waals surface area contributed by atoms with Gasteiger partial charge >= 0.3 is 0 Å². The summed E-state index contributed by atoms with van der Waals surface area (Å²) in [7, 11) is 4.72. The quantitative estimate of drug-likeness (QED) is 0.558. The van der Waals surface area contributed by atoms with Gasteiger partial charge in [-0.3, -0.25) is 10.2 Å². The minimum atomic E-state index is -0.418. The molecule has 0 saturated carbocycles. The number of ether oxygens (including phenoxy) is 3. The van der Waals surface area contributed by atoms with E-state index in [4.69, 9.17) is 14.2 Å². The van der Waals surface area contributed by atoms with E-state index in [0.29, 0.717) is 34.2 Å². The molecule has 162 valence electrons. The van der Waals surface area contributed by atoms with Crippen LogP contribution in [0.15, 0.2) is 76.9 Å². The molecule has 0 saturated heterocycles. The van der Waals surface area contributed by atoms with Crippen molar-refractivity contribution in [1.82, 2.24) is 5.43 Å². The molecule has 0 spiro atoms. The number of hydrogen-bond acceptors (Lipinski definition) is 7. The van der Waals surface area contributed by atoms with Gasteiger partial charge in [0.05, 0.1) is 27.0 Å². The molecule has 0 radical (unpaired) electrons. The molecule has 0 fully saturated rings. The molecule has 0 aliphatic carbocycles. The van der Waals surface area contributed by atoms with Crippen LogP contribution in [0.1, 0.15) is 5.56 Å². The van der Waals surface area contributed by atoms with E-state index in [-0.39, 0.29) is 5.71 Å². The molecule has 0 aromatic heterocycles. The molecule has 1 amide bonds. The SMILES string of the molecule is COc1ccc(C2=NNC(=O)/C2=N/Nc2ccc(-c3ccccc3)c(OC)c2)c(OC)c1. The summed E-state index contributed by atoms with van der Waals surface area (Å²) >= 11 is 0. The number of hydrazone groups is 2. The second kappa shape index (κ2) is 9.22. The van der Waals surface area contributed by atoms with E-state index in [1.54, 1.807) is 39.5 Å². The molecule has 3 aromatic carbocycles. The maximum Gasteiger partial charge on any atom is 0.294 e. The van der Waals surface area contributed by atoms with Crippen LogP contribution in [0.5, 0.6) is 17.2 Å². The molecule has 0 atom stereocenters. The summed E-state index contributed by atoms with van der Waals surface area (Å²) < 4.78 is 16.2. The van der Waals surface area contributed by atoms with Gasteiger partial charge in [0.2, 0.25) is 0 Å². The number of nitrogens with zero attached hydrogens (tertiary/aromatic N) is 2. The van der Waals surface area contributed by atoms with Crippen LogP contribution in [0.4, 0.5) is 5.69 Å². The van der Waals surface area contributed by atoms with Crippen LogP contribution in [0.3, 0.4) is 0 Å². The lowest BCUT2D eigenvalue weighted by molar-refractivity contribution is -0.114. The summed E-state index contributed by atoms with van der Waals surface area (Å²) in [4.78, 5) is 12.4. The average Bonchev–Trinajstić information content (AvgIpc) is 3.22. The van der Waals surface area contributed by atoms with Crippen LogP contribution >= 0.6 is 0 Å². The maximum atomic E-state index is 12.4. The Labute approximate surface area is 185 Å². The first-order chi connectivity index (χ1) is 15.6.